The van der Waals surface area contributed by atoms with E-state index in [0.29, 0.717) is 6.42 Å². The highest BCUT2D eigenvalue weighted by Crippen LogP contribution is 2.19. The Bertz CT molecular complexity index is 934. The zero-order valence-corrected chi connectivity index (χ0v) is 15.9. The number of nitrogens with one attached hydrogen (secondary N) is 1. The van der Waals surface area contributed by atoms with Gasteiger partial charge in [-0.05, 0) is 36.1 Å². The fourth-order valence-corrected chi connectivity index (χ4v) is 2.87. The number of carbonyl (C=O) groups excluding carboxylic acids is 2. The van der Waals surface area contributed by atoms with Crippen molar-refractivity contribution in [1.29, 1.82) is 0 Å². The first kappa shape index (κ1) is 19.4. The molecule has 3 aromatic carbocycles. The Hall–Kier alpha value is -3.40. The molecule has 0 saturated heterocycles. The molecule has 4 nitrogen and oxygen atoms in total. The van der Waals surface area contributed by atoms with Crippen LogP contribution in [0.25, 0.3) is 0 Å². The predicted molar refractivity (Wildman–Crippen MR) is 110 cm³/mol. The molecule has 0 radical (unpaired) electrons. The Kier molecular flexibility index (Phi) is 6.58. The van der Waals surface area contributed by atoms with E-state index in [-0.39, 0.29) is 18.9 Å². The standard InChI is InChI=1S/C24H23NO3/c1-18-11-13-20(14-12-18)16-24(27)28-17-23(26)25-22-10-6-5-9-21(22)15-19-7-3-2-4-8-19/h2-14H,15-17H2,1H3,(H,25,26). The van der Waals surface area contributed by atoms with Crippen molar-refractivity contribution < 1.29 is 14.3 Å². The molecule has 0 aliphatic heterocycles. The zero-order chi connectivity index (χ0) is 19.8. The van der Waals surface area contributed by atoms with Crippen LogP contribution in [-0.2, 0) is 27.2 Å². The van der Waals surface area contributed by atoms with Gasteiger partial charge in [0.25, 0.3) is 5.91 Å². The summed E-state index contributed by atoms with van der Waals surface area (Å²) in [6.45, 7) is 1.69. The van der Waals surface area contributed by atoms with Gasteiger partial charge in [-0.3, -0.25) is 9.59 Å². The molecule has 28 heavy (non-hydrogen) atoms. The average Bonchev–Trinajstić information content (AvgIpc) is 2.70. The second-order valence-corrected chi connectivity index (χ2v) is 6.69. The van der Waals surface area contributed by atoms with Crippen LogP contribution in [0, 0.1) is 6.92 Å². The summed E-state index contributed by atoms with van der Waals surface area (Å²) in [5, 5.41) is 2.84. The van der Waals surface area contributed by atoms with Gasteiger partial charge in [0.05, 0.1) is 6.42 Å². The largest absolute Gasteiger partial charge is 0.455 e. The van der Waals surface area contributed by atoms with Gasteiger partial charge in [-0.15, -0.1) is 0 Å². The van der Waals surface area contributed by atoms with Gasteiger partial charge in [-0.2, -0.15) is 0 Å². The minimum absolute atomic E-state index is 0.151. The molecule has 0 fully saturated rings. The molecule has 0 saturated carbocycles. The number of carbonyl (C=O) groups is 2. The molecule has 142 valence electrons. The highest BCUT2D eigenvalue weighted by molar-refractivity contribution is 5.93. The van der Waals surface area contributed by atoms with Gasteiger partial charge in [0.2, 0.25) is 0 Å². The number of hydrogen-bond donors (Lipinski definition) is 1. The van der Waals surface area contributed by atoms with E-state index in [4.69, 9.17) is 4.74 Å². The Morgan fingerprint density at radius 2 is 1.50 bits per heavy atom. The summed E-state index contributed by atoms with van der Waals surface area (Å²) in [5.41, 5.74) is 4.89. The van der Waals surface area contributed by atoms with Crippen molar-refractivity contribution in [2.45, 2.75) is 19.8 Å². The van der Waals surface area contributed by atoms with E-state index in [0.717, 1.165) is 27.9 Å². The normalized spacial score (nSPS) is 10.3. The van der Waals surface area contributed by atoms with Crippen LogP contribution in [0.15, 0.2) is 78.9 Å². The maximum absolute atomic E-state index is 12.2. The number of amides is 1. The minimum atomic E-state index is -0.420. The lowest BCUT2D eigenvalue weighted by atomic mass is 10.0. The number of rotatable bonds is 7. The first-order valence-electron chi connectivity index (χ1n) is 9.23. The number of anilines is 1. The second-order valence-electron chi connectivity index (χ2n) is 6.69. The van der Waals surface area contributed by atoms with Crippen LogP contribution in [0.5, 0.6) is 0 Å². The Morgan fingerprint density at radius 1 is 0.821 bits per heavy atom. The topological polar surface area (TPSA) is 55.4 Å². The van der Waals surface area contributed by atoms with Crippen LogP contribution in [0.3, 0.4) is 0 Å². The number of benzene rings is 3. The highest BCUT2D eigenvalue weighted by Gasteiger charge is 2.11. The maximum atomic E-state index is 12.2. The van der Waals surface area contributed by atoms with Crippen LogP contribution in [0.4, 0.5) is 5.69 Å². The molecule has 0 aliphatic carbocycles. The second kappa shape index (κ2) is 9.51. The van der Waals surface area contributed by atoms with Crippen molar-refractivity contribution >= 4 is 17.6 Å². The highest BCUT2D eigenvalue weighted by atomic mass is 16.5. The van der Waals surface area contributed by atoms with Crippen LogP contribution >= 0.6 is 0 Å². The number of esters is 1. The van der Waals surface area contributed by atoms with E-state index < -0.39 is 5.97 Å². The van der Waals surface area contributed by atoms with Gasteiger partial charge < -0.3 is 10.1 Å². The Balaban J connectivity index is 1.53. The maximum Gasteiger partial charge on any atom is 0.310 e. The van der Waals surface area contributed by atoms with Crippen LogP contribution in [0.2, 0.25) is 0 Å². The predicted octanol–water partition coefficient (Wildman–Crippen LogP) is 4.31. The summed E-state index contributed by atoms with van der Waals surface area (Å²) >= 11 is 0. The number of ether oxygens (including phenoxy) is 1. The first-order valence-corrected chi connectivity index (χ1v) is 9.23. The Labute approximate surface area is 165 Å². The fraction of sp³-hybridized carbons (Fsp3) is 0.167. The van der Waals surface area contributed by atoms with Crippen LogP contribution in [0.1, 0.15) is 22.3 Å². The molecule has 0 bridgehead atoms. The molecule has 3 rings (SSSR count). The summed E-state index contributed by atoms with van der Waals surface area (Å²) in [7, 11) is 0. The average molecular weight is 373 g/mol. The molecular formula is C24H23NO3. The van der Waals surface area contributed by atoms with E-state index in [1.807, 2.05) is 85.8 Å². The van der Waals surface area contributed by atoms with Gasteiger partial charge in [0.15, 0.2) is 6.61 Å². The number of para-hydroxylation sites is 1. The molecule has 1 N–H and O–H groups in total. The summed E-state index contributed by atoms with van der Waals surface area (Å²) in [5.74, 6) is -0.769. The van der Waals surface area contributed by atoms with Gasteiger partial charge in [0, 0.05) is 5.69 Å². The monoisotopic (exact) mass is 373 g/mol. The summed E-state index contributed by atoms with van der Waals surface area (Å²) < 4.78 is 5.12. The molecule has 0 unspecified atom stereocenters. The lowest BCUT2D eigenvalue weighted by Crippen LogP contribution is -2.22. The van der Waals surface area contributed by atoms with Crippen LogP contribution < -0.4 is 5.32 Å². The molecular weight excluding hydrogens is 350 g/mol. The quantitative estimate of drug-likeness (QED) is 0.628. The number of aryl methyl sites for hydroxylation is 1. The SMILES string of the molecule is Cc1ccc(CC(=O)OCC(=O)Nc2ccccc2Cc2ccccc2)cc1. The van der Waals surface area contributed by atoms with Crippen molar-refractivity contribution in [3.8, 4) is 0 Å². The summed E-state index contributed by atoms with van der Waals surface area (Å²) in [6.07, 6.45) is 0.864. The van der Waals surface area contributed by atoms with E-state index in [1.54, 1.807) is 0 Å². The van der Waals surface area contributed by atoms with Crippen molar-refractivity contribution in [3.63, 3.8) is 0 Å². The third-order valence-corrected chi connectivity index (χ3v) is 4.36. The van der Waals surface area contributed by atoms with Crippen molar-refractivity contribution in [3.05, 3.63) is 101 Å². The van der Waals surface area contributed by atoms with E-state index >= 15 is 0 Å². The number of hydrogen-bond acceptors (Lipinski definition) is 3. The van der Waals surface area contributed by atoms with Gasteiger partial charge in [-0.25, -0.2) is 0 Å². The molecule has 0 aromatic heterocycles. The smallest absolute Gasteiger partial charge is 0.310 e. The zero-order valence-electron chi connectivity index (χ0n) is 15.9. The lowest BCUT2D eigenvalue weighted by molar-refractivity contribution is -0.146. The third-order valence-electron chi connectivity index (χ3n) is 4.36. The summed E-state index contributed by atoms with van der Waals surface area (Å²) in [6, 6.07) is 25.3. The molecule has 0 aliphatic rings. The first-order chi connectivity index (χ1) is 13.6. The molecule has 0 spiro atoms. The molecule has 3 aromatic rings. The summed E-state index contributed by atoms with van der Waals surface area (Å²) in [4.78, 5) is 24.2. The van der Waals surface area contributed by atoms with Gasteiger partial charge in [-0.1, -0.05) is 78.4 Å². The minimum Gasteiger partial charge on any atom is -0.455 e. The van der Waals surface area contributed by atoms with Gasteiger partial charge in [0.1, 0.15) is 0 Å². The molecule has 0 atom stereocenters. The van der Waals surface area contributed by atoms with E-state index in [1.165, 1.54) is 0 Å². The van der Waals surface area contributed by atoms with Gasteiger partial charge >= 0.3 is 5.97 Å². The van der Waals surface area contributed by atoms with E-state index in [2.05, 4.69) is 5.32 Å². The van der Waals surface area contributed by atoms with E-state index in [9.17, 15) is 9.59 Å². The molecule has 1 amide bonds. The van der Waals surface area contributed by atoms with Crippen molar-refractivity contribution in [2.75, 3.05) is 11.9 Å². The van der Waals surface area contributed by atoms with Crippen molar-refractivity contribution in [2.24, 2.45) is 0 Å². The lowest BCUT2D eigenvalue weighted by Gasteiger charge is -2.11. The van der Waals surface area contributed by atoms with Crippen molar-refractivity contribution in [1.82, 2.24) is 0 Å². The fourth-order valence-electron chi connectivity index (χ4n) is 2.87. The third kappa shape index (κ3) is 5.81. The molecule has 0 heterocycles. The Morgan fingerprint density at radius 3 is 2.25 bits per heavy atom. The van der Waals surface area contributed by atoms with Crippen LogP contribution in [-0.4, -0.2) is 18.5 Å². The molecule has 4 heteroatoms.